The molecule has 3 rings (SSSR count). The monoisotopic (exact) mass is 299 g/mol. The number of aromatic nitrogens is 2. The Labute approximate surface area is 132 Å². The third-order valence-corrected chi connectivity index (χ3v) is 4.41. The highest BCUT2D eigenvalue weighted by Gasteiger charge is 2.23. The maximum atomic E-state index is 5.80. The minimum absolute atomic E-state index is 0.556. The van der Waals surface area contributed by atoms with Gasteiger partial charge in [-0.2, -0.15) is 0 Å². The van der Waals surface area contributed by atoms with Crippen LogP contribution in [0.4, 0.5) is 0 Å². The minimum atomic E-state index is 0.556. The van der Waals surface area contributed by atoms with Gasteiger partial charge in [0.15, 0.2) is 0 Å². The molecule has 0 bridgehead atoms. The van der Waals surface area contributed by atoms with Gasteiger partial charge in [-0.1, -0.05) is 25.1 Å². The van der Waals surface area contributed by atoms with Gasteiger partial charge < -0.3 is 14.2 Å². The molecule has 1 fully saturated rings. The Morgan fingerprint density at radius 2 is 2.14 bits per heavy atom. The summed E-state index contributed by atoms with van der Waals surface area (Å²) in [5.74, 6) is 2.70. The zero-order valence-corrected chi connectivity index (χ0v) is 13.3. The van der Waals surface area contributed by atoms with Crippen molar-refractivity contribution >= 4 is 0 Å². The van der Waals surface area contributed by atoms with Crippen LogP contribution in [0.15, 0.2) is 42.7 Å². The van der Waals surface area contributed by atoms with Gasteiger partial charge >= 0.3 is 0 Å². The van der Waals surface area contributed by atoms with E-state index >= 15 is 0 Å². The van der Waals surface area contributed by atoms with Crippen molar-refractivity contribution in [2.45, 2.75) is 32.2 Å². The summed E-state index contributed by atoms with van der Waals surface area (Å²) in [5, 5.41) is 0. The lowest BCUT2D eigenvalue weighted by molar-refractivity contribution is 0.210. The fourth-order valence-corrected chi connectivity index (χ4v) is 3.20. The van der Waals surface area contributed by atoms with Crippen LogP contribution in [-0.4, -0.2) is 40.7 Å². The molecule has 118 valence electrons. The first-order valence-electron chi connectivity index (χ1n) is 8.28. The van der Waals surface area contributed by atoms with Crippen molar-refractivity contribution < 1.29 is 4.74 Å². The molecular formula is C18H25N3O. The van der Waals surface area contributed by atoms with E-state index in [1.54, 1.807) is 0 Å². The zero-order valence-electron chi connectivity index (χ0n) is 13.3. The fourth-order valence-electron chi connectivity index (χ4n) is 3.20. The van der Waals surface area contributed by atoms with E-state index in [-0.39, 0.29) is 0 Å². The lowest BCUT2D eigenvalue weighted by Crippen LogP contribution is -2.35. The molecule has 0 saturated carbocycles. The van der Waals surface area contributed by atoms with Crippen LogP contribution in [0.25, 0.3) is 0 Å². The number of rotatable bonds is 6. The quantitative estimate of drug-likeness (QED) is 0.821. The van der Waals surface area contributed by atoms with Crippen LogP contribution in [-0.2, 0) is 6.54 Å². The van der Waals surface area contributed by atoms with E-state index in [0.717, 1.165) is 25.4 Å². The number of imidazole rings is 1. The third-order valence-electron chi connectivity index (χ3n) is 4.41. The second kappa shape index (κ2) is 7.45. The number of likely N-dealkylation sites (N-methyl/N-ethyl adjacent to an activating group) is 1. The summed E-state index contributed by atoms with van der Waals surface area (Å²) >= 11 is 0. The molecule has 4 heteroatoms. The summed E-state index contributed by atoms with van der Waals surface area (Å²) < 4.78 is 8.06. The average molecular weight is 299 g/mol. The molecule has 2 heterocycles. The SMILES string of the molecule is CCN1CCCC(c2nccn2CCOc2ccccc2)C1. The van der Waals surface area contributed by atoms with Crippen LogP contribution < -0.4 is 4.74 Å². The number of para-hydroxylation sites is 1. The van der Waals surface area contributed by atoms with Crippen LogP contribution in [0.3, 0.4) is 0 Å². The van der Waals surface area contributed by atoms with Gasteiger partial charge in [-0.3, -0.25) is 0 Å². The molecule has 1 aliphatic heterocycles. The highest BCUT2D eigenvalue weighted by molar-refractivity contribution is 5.20. The minimum Gasteiger partial charge on any atom is -0.492 e. The fraction of sp³-hybridized carbons (Fsp3) is 0.500. The normalized spacial score (nSPS) is 19.2. The molecule has 0 radical (unpaired) electrons. The van der Waals surface area contributed by atoms with Gasteiger partial charge in [-0.15, -0.1) is 0 Å². The number of piperidine rings is 1. The zero-order chi connectivity index (χ0) is 15.2. The van der Waals surface area contributed by atoms with Crippen molar-refractivity contribution in [1.82, 2.24) is 14.5 Å². The maximum absolute atomic E-state index is 5.80. The molecule has 4 nitrogen and oxygen atoms in total. The molecule has 0 N–H and O–H groups in total. The summed E-state index contributed by atoms with van der Waals surface area (Å²) in [7, 11) is 0. The third kappa shape index (κ3) is 3.69. The molecule has 2 aromatic rings. The van der Waals surface area contributed by atoms with Crippen molar-refractivity contribution in [2.75, 3.05) is 26.2 Å². The summed E-state index contributed by atoms with van der Waals surface area (Å²) in [5.41, 5.74) is 0. The number of benzene rings is 1. The predicted molar refractivity (Wildman–Crippen MR) is 88.3 cm³/mol. The van der Waals surface area contributed by atoms with Crippen LogP contribution in [0.5, 0.6) is 5.75 Å². The Kier molecular flexibility index (Phi) is 5.11. The Hall–Kier alpha value is -1.81. The van der Waals surface area contributed by atoms with Crippen molar-refractivity contribution in [3.63, 3.8) is 0 Å². The molecule has 0 spiro atoms. The first kappa shape index (κ1) is 15.1. The van der Waals surface area contributed by atoms with Gasteiger partial charge in [0.25, 0.3) is 0 Å². The lowest BCUT2D eigenvalue weighted by atomic mass is 9.97. The summed E-state index contributed by atoms with van der Waals surface area (Å²) in [6, 6.07) is 9.99. The number of hydrogen-bond acceptors (Lipinski definition) is 3. The lowest BCUT2D eigenvalue weighted by Gasteiger charge is -2.31. The van der Waals surface area contributed by atoms with Gasteiger partial charge in [0.2, 0.25) is 0 Å². The number of nitrogens with zero attached hydrogens (tertiary/aromatic N) is 3. The standard InChI is InChI=1S/C18H25N3O/c1-2-20-11-6-7-16(15-20)18-19-10-12-21(18)13-14-22-17-8-4-3-5-9-17/h3-5,8-10,12,16H,2,6-7,11,13-15H2,1H3. The number of hydrogen-bond donors (Lipinski definition) is 0. The molecule has 1 unspecified atom stereocenters. The Morgan fingerprint density at radius 3 is 2.95 bits per heavy atom. The van der Waals surface area contributed by atoms with Crippen LogP contribution in [0.2, 0.25) is 0 Å². The van der Waals surface area contributed by atoms with E-state index in [4.69, 9.17) is 4.74 Å². The topological polar surface area (TPSA) is 30.3 Å². The first-order valence-corrected chi connectivity index (χ1v) is 8.28. The molecule has 1 aromatic carbocycles. The predicted octanol–water partition coefficient (Wildman–Crippen LogP) is 3.16. The number of ether oxygens (including phenoxy) is 1. The molecule has 1 atom stereocenters. The maximum Gasteiger partial charge on any atom is 0.119 e. The van der Waals surface area contributed by atoms with E-state index in [1.165, 1.54) is 25.2 Å². The average Bonchev–Trinajstić information content (AvgIpc) is 3.04. The second-order valence-corrected chi connectivity index (χ2v) is 5.87. The van der Waals surface area contributed by atoms with Crippen molar-refractivity contribution in [3.05, 3.63) is 48.5 Å². The van der Waals surface area contributed by atoms with Gasteiger partial charge in [-0.05, 0) is 38.1 Å². The first-order chi connectivity index (χ1) is 10.9. The molecule has 1 saturated heterocycles. The van der Waals surface area contributed by atoms with Gasteiger partial charge in [0.1, 0.15) is 18.2 Å². The Balaban J connectivity index is 1.57. The second-order valence-electron chi connectivity index (χ2n) is 5.87. The highest BCUT2D eigenvalue weighted by atomic mass is 16.5. The van der Waals surface area contributed by atoms with Crippen molar-refractivity contribution in [3.8, 4) is 5.75 Å². The highest BCUT2D eigenvalue weighted by Crippen LogP contribution is 2.25. The van der Waals surface area contributed by atoms with Gasteiger partial charge in [-0.25, -0.2) is 4.98 Å². The van der Waals surface area contributed by atoms with E-state index < -0.39 is 0 Å². The largest absolute Gasteiger partial charge is 0.492 e. The Bertz CT molecular complexity index is 567. The molecular weight excluding hydrogens is 274 g/mol. The molecule has 1 aromatic heterocycles. The van der Waals surface area contributed by atoms with Crippen LogP contribution in [0, 0.1) is 0 Å². The van der Waals surface area contributed by atoms with Crippen molar-refractivity contribution in [2.24, 2.45) is 0 Å². The van der Waals surface area contributed by atoms with Crippen LogP contribution in [0.1, 0.15) is 31.5 Å². The van der Waals surface area contributed by atoms with E-state index in [0.29, 0.717) is 12.5 Å². The van der Waals surface area contributed by atoms with Crippen molar-refractivity contribution in [1.29, 1.82) is 0 Å². The van der Waals surface area contributed by atoms with E-state index in [9.17, 15) is 0 Å². The molecule has 0 amide bonds. The number of likely N-dealkylation sites (tertiary alicyclic amines) is 1. The van der Waals surface area contributed by atoms with E-state index in [2.05, 4.69) is 27.6 Å². The summed E-state index contributed by atoms with van der Waals surface area (Å²) in [6.45, 7) is 7.26. The smallest absolute Gasteiger partial charge is 0.119 e. The van der Waals surface area contributed by atoms with Gasteiger partial charge in [0.05, 0.1) is 6.54 Å². The molecule has 0 aliphatic carbocycles. The molecule has 1 aliphatic rings. The van der Waals surface area contributed by atoms with Gasteiger partial charge in [0, 0.05) is 24.9 Å². The molecule has 22 heavy (non-hydrogen) atoms. The summed E-state index contributed by atoms with van der Waals surface area (Å²) in [6.07, 6.45) is 6.51. The Morgan fingerprint density at radius 1 is 1.27 bits per heavy atom. The van der Waals surface area contributed by atoms with E-state index in [1.807, 2.05) is 36.5 Å². The van der Waals surface area contributed by atoms with Crippen LogP contribution >= 0.6 is 0 Å². The summed E-state index contributed by atoms with van der Waals surface area (Å²) in [4.78, 5) is 7.14.